The Labute approximate surface area is 152 Å². The van der Waals surface area contributed by atoms with Crippen molar-refractivity contribution in [2.75, 3.05) is 0 Å². The van der Waals surface area contributed by atoms with Gasteiger partial charge in [-0.15, -0.1) is 0 Å². The third kappa shape index (κ3) is 2.34. The number of nitrogens with zero attached hydrogens (tertiary/aromatic N) is 1. The van der Waals surface area contributed by atoms with E-state index in [0.29, 0.717) is 5.92 Å². The second-order valence-corrected chi connectivity index (χ2v) is 14.4. The third-order valence-electron chi connectivity index (χ3n) is 5.66. The van der Waals surface area contributed by atoms with Crippen LogP contribution < -0.4 is 10.6 Å². The smallest absolute Gasteiger partial charge is 0.153 e. The predicted molar refractivity (Wildman–Crippen MR) is 113 cm³/mol. The number of hydrogen-bond acceptors (Lipinski definition) is 0. The van der Waals surface area contributed by atoms with Gasteiger partial charge in [-0.1, -0.05) is 76.4 Å². The first-order valence-electron chi connectivity index (χ1n) is 9.36. The van der Waals surface area contributed by atoms with Crippen LogP contribution in [0.2, 0.25) is 19.6 Å². The van der Waals surface area contributed by atoms with Crippen LogP contribution >= 0.6 is 0 Å². The lowest BCUT2D eigenvalue weighted by Crippen LogP contribution is -2.43. The summed E-state index contributed by atoms with van der Waals surface area (Å²) >= 11 is 0. The second-order valence-electron chi connectivity index (χ2n) is 9.57. The predicted octanol–water partition coefficient (Wildman–Crippen LogP) is 4.70. The fraction of sp³-hybridized carbons (Fsp3) is 0.391. The zero-order chi connectivity index (χ0) is 18.1. The molecule has 130 valence electrons. The molecule has 1 heterocycles. The van der Waals surface area contributed by atoms with Gasteiger partial charge in [0.05, 0.1) is 0 Å². The molecule has 0 aliphatic heterocycles. The fourth-order valence-corrected chi connectivity index (χ4v) is 6.26. The molecule has 4 rings (SSSR count). The number of hydrogen-bond donors (Lipinski definition) is 0. The molecule has 0 N–H and O–H groups in total. The Balaban J connectivity index is 2.25. The van der Waals surface area contributed by atoms with Crippen molar-refractivity contribution in [3.05, 3.63) is 58.6 Å². The van der Waals surface area contributed by atoms with Gasteiger partial charge < -0.3 is 4.23 Å². The van der Waals surface area contributed by atoms with Gasteiger partial charge in [-0.2, -0.15) is 0 Å². The maximum atomic E-state index is 2.70. The molecule has 0 spiro atoms. The minimum absolute atomic E-state index is 0.175. The van der Waals surface area contributed by atoms with E-state index in [2.05, 4.69) is 94.1 Å². The van der Waals surface area contributed by atoms with E-state index in [1.165, 1.54) is 38.2 Å². The third-order valence-corrected chi connectivity index (χ3v) is 7.47. The van der Waals surface area contributed by atoms with Crippen molar-refractivity contribution in [2.24, 2.45) is 5.92 Å². The number of aromatic nitrogens is 1. The summed E-state index contributed by atoms with van der Waals surface area (Å²) in [5.74, 6) is 0.459. The van der Waals surface area contributed by atoms with Gasteiger partial charge in [0.25, 0.3) is 0 Å². The van der Waals surface area contributed by atoms with Crippen LogP contribution in [0.3, 0.4) is 0 Å². The second kappa shape index (κ2) is 5.11. The molecule has 1 aromatic heterocycles. The molecule has 0 saturated carbocycles. The molecule has 0 radical (unpaired) electrons. The average Bonchev–Trinajstić information content (AvgIpc) is 3.00. The molecule has 1 aromatic carbocycles. The van der Waals surface area contributed by atoms with E-state index in [4.69, 9.17) is 0 Å². The topological polar surface area (TPSA) is 4.93 Å². The summed E-state index contributed by atoms with van der Waals surface area (Å²) < 4.78 is 2.70. The molecule has 1 nitrogen and oxygen atoms in total. The Morgan fingerprint density at radius 2 is 1.76 bits per heavy atom. The van der Waals surface area contributed by atoms with Crippen molar-refractivity contribution < 1.29 is 0 Å². The maximum absolute atomic E-state index is 2.70. The first kappa shape index (κ1) is 16.7. The van der Waals surface area contributed by atoms with Gasteiger partial charge in [0.2, 0.25) is 0 Å². The molecule has 25 heavy (non-hydrogen) atoms. The Hall–Kier alpha value is -1.80. The quantitative estimate of drug-likeness (QED) is 0.659. The molecule has 2 aliphatic rings. The molecule has 1 atom stereocenters. The van der Waals surface area contributed by atoms with Crippen molar-refractivity contribution >= 4 is 30.3 Å². The standard InChI is InChI=1S/C23H29NSi/c1-15-17-10-8-9-11-18(17)22-21(15)19-14-16(23(2,3)4)12-13-20(19)24(22)25(5,6)7/h8-14,17H,1-7H3. The van der Waals surface area contributed by atoms with Crippen LogP contribution in [-0.2, 0) is 5.41 Å². The molecular formula is C23H29NSi. The van der Waals surface area contributed by atoms with Crippen molar-refractivity contribution in [1.29, 1.82) is 0 Å². The van der Waals surface area contributed by atoms with Crippen LogP contribution in [0.15, 0.2) is 42.5 Å². The summed E-state index contributed by atoms with van der Waals surface area (Å²) in [6.07, 6.45) is 9.09. The van der Waals surface area contributed by atoms with Crippen LogP contribution in [0.4, 0.5) is 0 Å². The van der Waals surface area contributed by atoms with Gasteiger partial charge in [0, 0.05) is 27.4 Å². The van der Waals surface area contributed by atoms with Gasteiger partial charge in [0.15, 0.2) is 8.24 Å². The van der Waals surface area contributed by atoms with Gasteiger partial charge in [-0.25, -0.2) is 0 Å². The molecule has 0 fully saturated rings. The maximum Gasteiger partial charge on any atom is 0.153 e. The van der Waals surface area contributed by atoms with E-state index in [1.807, 2.05) is 0 Å². The molecule has 1 unspecified atom stereocenters. The van der Waals surface area contributed by atoms with E-state index in [1.54, 1.807) is 0 Å². The number of fused-ring (bicyclic) bond motifs is 4. The molecule has 2 aromatic rings. The van der Waals surface area contributed by atoms with Crippen LogP contribution in [-0.4, -0.2) is 12.5 Å². The van der Waals surface area contributed by atoms with Gasteiger partial charge in [-0.05, 0) is 35.6 Å². The first-order chi connectivity index (χ1) is 11.6. The van der Waals surface area contributed by atoms with Crippen LogP contribution in [0.25, 0.3) is 22.0 Å². The van der Waals surface area contributed by atoms with Gasteiger partial charge in [-0.3, -0.25) is 0 Å². The first-order valence-corrected chi connectivity index (χ1v) is 12.8. The summed E-state index contributed by atoms with van der Waals surface area (Å²) in [7, 11) is -1.55. The Morgan fingerprint density at radius 3 is 2.40 bits per heavy atom. The zero-order valence-corrected chi connectivity index (χ0v) is 17.6. The van der Waals surface area contributed by atoms with Crippen LogP contribution in [0, 0.1) is 5.92 Å². The monoisotopic (exact) mass is 347 g/mol. The van der Waals surface area contributed by atoms with Crippen LogP contribution in [0.1, 0.15) is 33.3 Å². The van der Waals surface area contributed by atoms with E-state index in [0.717, 1.165) is 0 Å². The normalized spacial score (nSPS) is 19.7. The molecule has 2 aliphatic carbocycles. The Bertz CT molecular complexity index is 1060. The summed E-state index contributed by atoms with van der Waals surface area (Å²) in [5, 5.41) is 4.44. The summed E-state index contributed by atoms with van der Waals surface area (Å²) in [6, 6.07) is 7.17. The Morgan fingerprint density at radius 1 is 1.04 bits per heavy atom. The highest BCUT2D eigenvalue weighted by Gasteiger charge is 2.30. The lowest BCUT2D eigenvalue weighted by molar-refractivity contribution is 0.591. The highest BCUT2D eigenvalue weighted by Crippen LogP contribution is 2.32. The van der Waals surface area contributed by atoms with Crippen molar-refractivity contribution in [3.63, 3.8) is 0 Å². The lowest BCUT2D eigenvalue weighted by Gasteiger charge is -2.24. The van der Waals surface area contributed by atoms with E-state index < -0.39 is 8.24 Å². The highest BCUT2D eigenvalue weighted by molar-refractivity contribution is 6.75. The van der Waals surface area contributed by atoms with Crippen molar-refractivity contribution in [1.82, 2.24) is 4.23 Å². The number of benzene rings is 1. The molecular weight excluding hydrogens is 318 g/mol. The van der Waals surface area contributed by atoms with E-state index in [-0.39, 0.29) is 5.41 Å². The van der Waals surface area contributed by atoms with Crippen LogP contribution in [0.5, 0.6) is 0 Å². The van der Waals surface area contributed by atoms with Gasteiger partial charge in [0.1, 0.15) is 0 Å². The molecule has 0 bridgehead atoms. The zero-order valence-electron chi connectivity index (χ0n) is 16.6. The molecule has 0 saturated heterocycles. The minimum Gasteiger partial charge on any atom is -0.368 e. The number of allylic oxidation sites excluding steroid dienone is 4. The highest BCUT2D eigenvalue weighted by atomic mass is 28.3. The largest absolute Gasteiger partial charge is 0.368 e. The lowest BCUT2D eigenvalue weighted by atomic mass is 9.86. The fourth-order valence-electron chi connectivity index (χ4n) is 4.43. The van der Waals surface area contributed by atoms with E-state index in [9.17, 15) is 0 Å². The Kier molecular flexibility index (Phi) is 3.40. The van der Waals surface area contributed by atoms with Gasteiger partial charge >= 0.3 is 0 Å². The number of rotatable bonds is 1. The minimum atomic E-state index is -1.55. The summed E-state index contributed by atoms with van der Waals surface area (Å²) in [4.78, 5) is 0. The summed E-state index contributed by atoms with van der Waals surface area (Å²) in [5.41, 5.74) is 6.03. The van der Waals surface area contributed by atoms with E-state index >= 15 is 0 Å². The van der Waals surface area contributed by atoms with Crippen molar-refractivity contribution in [2.45, 2.75) is 52.8 Å². The average molecular weight is 348 g/mol. The summed E-state index contributed by atoms with van der Waals surface area (Å²) in [6.45, 7) is 16.6. The van der Waals surface area contributed by atoms with Crippen molar-refractivity contribution in [3.8, 4) is 0 Å². The molecule has 0 amide bonds. The molecule has 2 heteroatoms. The SMILES string of the molecule is CC1=c2c(n([Si](C)(C)C)c3ccc(C(C)(C)C)cc23)=C2C=CC=CC12.